The zero-order chi connectivity index (χ0) is 11.5. The van der Waals surface area contributed by atoms with Crippen molar-refractivity contribution in [1.29, 1.82) is 0 Å². The van der Waals surface area contributed by atoms with Gasteiger partial charge in [-0.1, -0.05) is 12.8 Å². The number of aryl methyl sites for hydroxylation is 1. The van der Waals surface area contributed by atoms with Crippen LogP contribution in [0.5, 0.6) is 0 Å². The number of amides is 1. The summed E-state index contributed by atoms with van der Waals surface area (Å²) in [7, 11) is 0. The number of carbonyl (C=O) groups is 1. The molecule has 1 aliphatic rings. The van der Waals surface area contributed by atoms with Crippen molar-refractivity contribution in [1.82, 2.24) is 0 Å². The molecule has 0 heterocycles. The molecule has 3 heteroatoms. The second-order valence-corrected chi connectivity index (χ2v) is 5.60. The van der Waals surface area contributed by atoms with Gasteiger partial charge < -0.3 is 5.32 Å². The molecule has 1 amide bonds. The summed E-state index contributed by atoms with van der Waals surface area (Å²) < 4.78 is 1.23. The summed E-state index contributed by atoms with van der Waals surface area (Å²) in [4.78, 5) is 11.9. The van der Waals surface area contributed by atoms with Crippen LogP contribution in [0.25, 0.3) is 0 Å². The number of anilines is 1. The van der Waals surface area contributed by atoms with Crippen molar-refractivity contribution in [3.8, 4) is 0 Å². The molecule has 86 valence electrons. The standard InChI is InChI=1S/C13H16INO/c1-9-8-11(6-7-12(9)14)15-13(16)10-4-2-3-5-10/h6-8,10H,2-5H2,1H3,(H,15,16). The quantitative estimate of drug-likeness (QED) is 0.823. The second-order valence-electron chi connectivity index (χ2n) is 4.43. The van der Waals surface area contributed by atoms with Crippen molar-refractivity contribution in [2.75, 3.05) is 5.32 Å². The van der Waals surface area contributed by atoms with E-state index in [2.05, 4.69) is 34.8 Å². The molecule has 1 aromatic carbocycles. The van der Waals surface area contributed by atoms with E-state index in [1.165, 1.54) is 22.0 Å². The second kappa shape index (κ2) is 5.17. The monoisotopic (exact) mass is 329 g/mol. The Morgan fingerprint density at radius 3 is 2.69 bits per heavy atom. The van der Waals surface area contributed by atoms with Gasteiger partial charge >= 0.3 is 0 Å². The number of benzene rings is 1. The summed E-state index contributed by atoms with van der Waals surface area (Å²) in [6.45, 7) is 2.06. The first kappa shape index (κ1) is 11.9. The van der Waals surface area contributed by atoms with Crippen molar-refractivity contribution in [2.24, 2.45) is 5.92 Å². The summed E-state index contributed by atoms with van der Waals surface area (Å²) in [6.07, 6.45) is 4.50. The van der Waals surface area contributed by atoms with Gasteiger partial charge in [-0.2, -0.15) is 0 Å². The van der Waals surface area contributed by atoms with Crippen LogP contribution in [-0.4, -0.2) is 5.91 Å². The van der Waals surface area contributed by atoms with Crippen molar-refractivity contribution in [3.63, 3.8) is 0 Å². The average Bonchev–Trinajstić information content (AvgIpc) is 2.77. The van der Waals surface area contributed by atoms with Crippen molar-refractivity contribution >= 4 is 34.2 Å². The molecule has 0 atom stereocenters. The van der Waals surface area contributed by atoms with Gasteiger partial charge in [0.25, 0.3) is 0 Å². The highest BCUT2D eigenvalue weighted by Gasteiger charge is 2.22. The van der Waals surface area contributed by atoms with Crippen LogP contribution in [0.2, 0.25) is 0 Å². The van der Waals surface area contributed by atoms with Crippen LogP contribution in [0, 0.1) is 16.4 Å². The zero-order valence-corrected chi connectivity index (χ0v) is 11.6. The Morgan fingerprint density at radius 1 is 1.38 bits per heavy atom. The van der Waals surface area contributed by atoms with E-state index < -0.39 is 0 Å². The van der Waals surface area contributed by atoms with E-state index in [-0.39, 0.29) is 11.8 Å². The Balaban J connectivity index is 2.02. The maximum absolute atomic E-state index is 11.9. The number of hydrogen-bond donors (Lipinski definition) is 1. The number of carbonyl (C=O) groups excluding carboxylic acids is 1. The highest BCUT2D eigenvalue weighted by Crippen LogP contribution is 2.26. The summed E-state index contributed by atoms with van der Waals surface area (Å²) in [5, 5.41) is 3.01. The Kier molecular flexibility index (Phi) is 3.84. The molecule has 1 aromatic rings. The minimum absolute atomic E-state index is 0.193. The number of nitrogens with one attached hydrogen (secondary N) is 1. The van der Waals surface area contributed by atoms with Gasteiger partial charge in [-0.25, -0.2) is 0 Å². The van der Waals surface area contributed by atoms with Crippen LogP contribution < -0.4 is 5.32 Å². The van der Waals surface area contributed by atoms with E-state index in [9.17, 15) is 4.79 Å². The molecule has 1 N–H and O–H groups in total. The van der Waals surface area contributed by atoms with Gasteiger partial charge in [0.15, 0.2) is 0 Å². The minimum Gasteiger partial charge on any atom is -0.326 e. The van der Waals surface area contributed by atoms with Gasteiger partial charge in [0.2, 0.25) is 5.91 Å². The average molecular weight is 329 g/mol. The first-order valence-corrected chi connectivity index (χ1v) is 6.82. The van der Waals surface area contributed by atoms with Gasteiger partial charge in [0.1, 0.15) is 0 Å². The normalized spacial score (nSPS) is 16.4. The molecular weight excluding hydrogens is 313 g/mol. The Hall–Kier alpha value is -0.580. The number of rotatable bonds is 2. The first-order chi connectivity index (χ1) is 7.66. The molecule has 2 nitrogen and oxygen atoms in total. The van der Waals surface area contributed by atoms with Gasteiger partial charge in [0.05, 0.1) is 0 Å². The lowest BCUT2D eigenvalue weighted by molar-refractivity contribution is -0.119. The summed E-state index contributed by atoms with van der Waals surface area (Å²) in [6, 6.07) is 6.05. The summed E-state index contributed by atoms with van der Waals surface area (Å²) in [5.74, 6) is 0.428. The molecule has 0 aromatic heterocycles. The third-order valence-corrected chi connectivity index (χ3v) is 4.36. The van der Waals surface area contributed by atoms with E-state index in [0.717, 1.165) is 18.5 Å². The van der Waals surface area contributed by atoms with E-state index >= 15 is 0 Å². The largest absolute Gasteiger partial charge is 0.326 e. The first-order valence-electron chi connectivity index (χ1n) is 5.74. The van der Waals surface area contributed by atoms with E-state index in [4.69, 9.17) is 0 Å². The van der Waals surface area contributed by atoms with Crippen molar-refractivity contribution in [3.05, 3.63) is 27.3 Å². The molecule has 0 saturated heterocycles. The van der Waals surface area contributed by atoms with Gasteiger partial charge in [-0.15, -0.1) is 0 Å². The fourth-order valence-electron chi connectivity index (χ4n) is 2.15. The number of hydrogen-bond acceptors (Lipinski definition) is 1. The molecule has 1 aliphatic carbocycles. The molecular formula is C13H16INO. The highest BCUT2D eigenvalue weighted by atomic mass is 127. The SMILES string of the molecule is Cc1cc(NC(=O)C2CCCC2)ccc1I. The molecule has 1 saturated carbocycles. The Morgan fingerprint density at radius 2 is 2.06 bits per heavy atom. The molecule has 1 fully saturated rings. The summed E-state index contributed by atoms with van der Waals surface area (Å²) in [5.41, 5.74) is 2.14. The van der Waals surface area contributed by atoms with Crippen LogP contribution >= 0.6 is 22.6 Å². The zero-order valence-electron chi connectivity index (χ0n) is 9.42. The van der Waals surface area contributed by atoms with E-state index in [1.54, 1.807) is 0 Å². The molecule has 0 spiro atoms. The molecule has 0 aliphatic heterocycles. The van der Waals surface area contributed by atoms with Crippen LogP contribution in [0.15, 0.2) is 18.2 Å². The van der Waals surface area contributed by atoms with Crippen LogP contribution in [-0.2, 0) is 4.79 Å². The maximum atomic E-state index is 11.9. The van der Waals surface area contributed by atoms with Crippen LogP contribution in [0.3, 0.4) is 0 Å². The predicted molar refractivity (Wildman–Crippen MR) is 74.5 cm³/mol. The minimum atomic E-state index is 0.193. The highest BCUT2D eigenvalue weighted by molar-refractivity contribution is 14.1. The third-order valence-electron chi connectivity index (χ3n) is 3.15. The van der Waals surface area contributed by atoms with Crippen molar-refractivity contribution < 1.29 is 4.79 Å². The number of halogens is 1. The lowest BCUT2D eigenvalue weighted by Gasteiger charge is -2.11. The molecule has 0 radical (unpaired) electrons. The Labute approximate surface area is 110 Å². The van der Waals surface area contributed by atoms with Gasteiger partial charge in [-0.3, -0.25) is 4.79 Å². The molecule has 0 unspecified atom stereocenters. The predicted octanol–water partition coefficient (Wildman–Crippen LogP) is 3.73. The molecule has 16 heavy (non-hydrogen) atoms. The van der Waals surface area contributed by atoms with Crippen molar-refractivity contribution in [2.45, 2.75) is 32.6 Å². The Bertz CT molecular complexity index is 397. The molecule has 0 bridgehead atoms. The fraction of sp³-hybridized carbons (Fsp3) is 0.462. The lowest BCUT2D eigenvalue weighted by Crippen LogP contribution is -2.20. The van der Waals surface area contributed by atoms with E-state index in [1.807, 2.05) is 18.2 Å². The maximum Gasteiger partial charge on any atom is 0.227 e. The lowest BCUT2D eigenvalue weighted by atomic mass is 10.1. The van der Waals surface area contributed by atoms with E-state index in [0.29, 0.717) is 0 Å². The van der Waals surface area contributed by atoms with Crippen LogP contribution in [0.4, 0.5) is 5.69 Å². The summed E-state index contributed by atoms with van der Waals surface area (Å²) >= 11 is 2.30. The fourth-order valence-corrected chi connectivity index (χ4v) is 2.49. The van der Waals surface area contributed by atoms with Crippen LogP contribution in [0.1, 0.15) is 31.2 Å². The van der Waals surface area contributed by atoms with Gasteiger partial charge in [-0.05, 0) is 66.1 Å². The topological polar surface area (TPSA) is 29.1 Å². The third kappa shape index (κ3) is 2.75. The molecule has 2 rings (SSSR count). The van der Waals surface area contributed by atoms with Gasteiger partial charge in [0, 0.05) is 15.2 Å². The smallest absolute Gasteiger partial charge is 0.227 e.